The quantitative estimate of drug-likeness (QED) is 0.272. The summed E-state index contributed by atoms with van der Waals surface area (Å²) in [6.45, 7) is 2.17. The molecule has 0 saturated heterocycles. The van der Waals surface area contributed by atoms with Crippen molar-refractivity contribution in [3.63, 3.8) is 0 Å². The molecule has 0 fully saturated rings. The van der Waals surface area contributed by atoms with Crippen LogP contribution in [0.3, 0.4) is 0 Å². The van der Waals surface area contributed by atoms with Crippen LogP contribution >= 0.6 is 0 Å². The van der Waals surface area contributed by atoms with Gasteiger partial charge in [-0.3, -0.25) is 14.4 Å². The van der Waals surface area contributed by atoms with Gasteiger partial charge in [0.1, 0.15) is 0 Å². The molecule has 5 nitrogen and oxygen atoms in total. The normalized spacial score (nSPS) is 12.0. The van der Waals surface area contributed by atoms with E-state index < -0.39 is 0 Å². The molecule has 2 N–H and O–H groups in total. The van der Waals surface area contributed by atoms with Crippen molar-refractivity contribution in [1.82, 2.24) is 0 Å². The third kappa shape index (κ3) is 4.43. The topological polar surface area (TPSA) is 75.3 Å². The maximum absolute atomic E-state index is 13.6. The summed E-state index contributed by atoms with van der Waals surface area (Å²) >= 11 is 0. The Labute approximate surface area is 210 Å². The first kappa shape index (κ1) is 23.2. The number of rotatable bonds is 7. The largest absolute Gasteiger partial charge is 0.355 e. The van der Waals surface area contributed by atoms with Crippen molar-refractivity contribution < 1.29 is 14.4 Å². The number of nitrogens with one attached hydrogen (secondary N) is 2. The van der Waals surface area contributed by atoms with Crippen LogP contribution in [0.4, 0.5) is 17.1 Å². The Balaban J connectivity index is 1.55. The first-order valence-corrected chi connectivity index (χ1v) is 12.1. The van der Waals surface area contributed by atoms with Gasteiger partial charge < -0.3 is 10.6 Å². The van der Waals surface area contributed by atoms with Gasteiger partial charge in [0.25, 0.3) is 5.91 Å². The van der Waals surface area contributed by atoms with Gasteiger partial charge in [-0.05, 0) is 54.8 Å². The number of hydrogen-bond acceptors (Lipinski definition) is 4. The minimum absolute atomic E-state index is 0.201. The number of hydrogen-bond donors (Lipinski definition) is 2. The zero-order chi connectivity index (χ0) is 25.1. The third-order valence-electron chi connectivity index (χ3n) is 6.41. The molecular formula is C31H26N2O3. The summed E-state index contributed by atoms with van der Waals surface area (Å²) in [4.78, 5) is 40.1. The Morgan fingerprint density at radius 1 is 0.694 bits per heavy atom. The minimum Gasteiger partial charge on any atom is -0.355 e. The van der Waals surface area contributed by atoms with Crippen LogP contribution in [0, 0.1) is 0 Å². The summed E-state index contributed by atoms with van der Waals surface area (Å²) in [5.74, 6) is -0.888. The predicted octanol–water partition coefficient (Wildman–Crippen LogP) is 6.80. The molecular weight excluding hydrogens is 448 g/mol. The number of benzene rings is 4. The number of ketones is 2. The third-order valence-corrected chi connectivity index (χ3v) is 6.41. The fourth-order valence-electron chi connectivity index (χ4n) is 4.51. The molecule has 1 aliphatic rings. The van der Waals surface area contributed by atoms with Gasteiger partial charge >= 0.3 is 0 Å². The van der Waals surface area contributed by atoms with Crippen LogP contribution in [0.5, 0.6) is 0 Å². The van der Waals surface area contributed by atoms with Crippen LogP contribution < -0.4 is 10.6 Å². The lowest BCUT2D eigenvalue weighted by molar-refractivity contribution is 0.0979. The van der Waals surface area contributed by atoms with Gasteiger partial charge in [0.15, 0.2) is 11.6 Å². The van der Waals surface area contributed by atoms with Crippen molar-refractivity contribution in [2.45, 2.75) is 26.2 Å². The van der Waals surface area contributed by atoms with Crippen molar-refractivity contribution in [1.29, 1.82) is 0 Å². The number of amides is 1. The number of anilines is 3. The van der Waals surface area contributed by atoms with Gasteiger partial charge in [0.05, 0.1) is 22.5 Å². The van der Waals surface area contributed by atoms with Crippen LogP contribution in [0.2, 0.25) is 0 Å². The van der Waals surface area contributed by atoms with Gasteiger partial charge in [0, 0.05) is 22.4 Å². The second-order valence-corrected chi connectivity index (χ2v) is 8.86. The molecule has 5 heteroatoms. The molecule has 4 aromatic rings. The maximum atomic E-state index is 13.6. The maximum Gasteiger partial charge on any atom is 0.255 e. The molecule has 0 aromatic heterocycles. The fourth-order valence-corrected chi connectivity index (χ4v) is 4.51. The Hall–Kier alpha value is -4.51. The van der Waals surface area contributed by atoms with E-state index in [2.05, 4.69) is 29.7 Å². The molecule has 0 unspecified atom stereocenters. The van der Waals surface area contributed by atoms with E-state index in [-0.39, 0.29) is 28.6 Å². The van der Waals surface area contributed by atoms with E-state index in [0.29, 0.717) is 28.1 Å². The lowest BCUT2D eigenvalue weighted by atomic mass is 9.82. The lowest BCUT2D eigenvalue weighted by Gasteiger charge is -2.23. The number of aryl methyl sites for hydroxylation is 1. The molecule has 1 aliphatic carbocycles. The predicted molar refractivity (Wildman–Crippen MR) is 142 cm³/mol. The second-order valence-electron chi connectivity index (χ2n) is 8.86. The first-order chi connectivity index (χ1) is 17.6. The molecule has 4 aromatic carbocycles. The van der Waals surface area contributed by atoms with Crippen LogP contribution in [0.25, 0.3) is 0 Å². The first-order valence-electron chi connectivity index (χ1n) is 12.1. The molecule has 0 spiro atoms. The molecule has 0 atom stereocenters. The van der Waals surface area contributed by atoms with Crippen LogP contribution in [0.1, 0.15) is 67.5 Å². The van der Waals surface area contributed by atoms with Crippen LogP contribution in [-0.2, 0) is 6.42 Å². The van der Waals surface area contributed by atoms with E-state index in [1.165, 1.54) is 5.56 Å². The summed E-state index contributed by atoms with van der Waals surface area (Å²) < 4.78 is 0. The van der Waals surface area contributed by atoms with E-state index in [1.54, 1.807) is 60.7 Å². The standard InChI is InChI=1S/C31H26N2O3/c1-2-3-9-20-14-16-22(17-15-20)32-25-18-19-26(33-31(36)21-10-5-4-6-11-21)28-27(25)29(34)23-12-7-8-13-24(23)30(28)35/h4-8,10-19,32H,2-3,9H2,1H3,(H,33,36). The van der Waals surface area contributed by atoms with Crippen LogP contribution in [-0.4, -0.2) is 17.5 Å². The van der Waals surface area contributed by atoms with E-state index in [4.69, 9.17) is 0 Å². The van der Waals surface area contributed by atoms with Gasteiger partial charge in [-0.15, -0.1) is 0 Å². The molecule has 5 rings (SSSR count). The number of carbonyl (C=O) groups excluding carboxylic acids is 3. The van der Waals surface area contributed by atoms with Crippen LogP contribution in [0.15, 0.2) is 91.0 Å². The van der Waals surface area contributed by atoms with E-state index >= 15 is 0 Å². The molecule has 178 valence electrons. The highest BCUT2D eigenvalue weighted by molar-refractivity contribution is 6.32. The summed E-state index contributed by atoms with van der Waals surface area (Å²) in [5.41, 5.74) is 4.53. The zero-order valence-electron chi connectivity index (χ0n) is 20.0. The summed E-state index contributed by atoms with van der Waals surface area (Å²) in [5, 5.41) is 6.17. The van der Waals surface area contributed by atoms with Crippen molar-refractivity contribution in [3.05, 3.63) is 124 Å². The highest BCUT2D eigenvalue weighted by Gasteiger charge is 2.34. The van der Waals surface area contributed by atoms with Crippen molar-refractivity contribution in [2.75, 3.05) is 10.6 Å². The Bertz CT molecular complexity index is 1460. The van der Waals surface area contributed by atoms with E-state index in [9.17, 15) is 14.4 Å². The van der Waals surface area contributed by atoms with Crippen molar-refractivity contribution >= 4 is 34.5 Å². The molecule has 0 saturated carbocycles. The highest BCUT2D eigenvalue weighted by Crippen LogP contribution is 2.37. The van der Waals surface area contributed by atoms with Crippen molar-refractivity contribution in [2.24, 2.45) is 0 Å². The molecule has 0 radical (unpaired) electrons. The average molecular weight is 475 g/mol. The molecule has 0 aliphatic heterocycles. The Kier molecular flexibility index (Phi) is 6.46. The molecule has 36 heavy (non-hydrogen) atoms. The summed E-state index contributed by atoms with van der Waals surface area (Å²) in [6.07, 6.45) is 3.29. The SMILES string of the molecule is CCCCc1ccc(Nc2ccc(NC(=O)c3ccccc3)c3c2C(=O)c2ccccc2C3=O)cc1. The molecule has 0 heterocycles. The number of carbonyl (C=O) groups is 3. The summed E-state index contributed by atoms with van der Waals surface area (Å²) in [7, 11) is 0. The molecule has 1 amide bonds. The fraction of sp³-hybridized carbons (Fsp3) is 0.129. The zero-order valence-corrected chi connectivity index (χ0v) is 20.0. The smallest absolute Gasteiger partial charge is 0.255 e. The van der Waals surface area contributed by atoms with Crippen molar-refractivity contribution in [3.8, 4) is 0 Å². The number of fused-ring (bicyclic) bond motifs is 2. The lowest BCUT2D eigenvalue weighted by Crippen LogP contribution is -2.25. The minimum atomic E-state index is -0.347. The van der Waals surface area contributed by atoms with Gasteiger partial charge in [0.2, 0.25) is 0 Å². The summed E-state index contributed by atoms with van der Waals surface area (Å²) in [6, 6.07) is 27.1. The average Bonchev–Trinajstić information content (AvgIpc) is 2.92. The highest BCUT2D eigenvalue weighted by atomic mass is 16.2. The molecule has 0 bridgehead atoms. The van der Waals surface area contributed by atoms with Gasteiger partial charge in [-0.25, -0.2) is 0 Å². The van der Waals surface area contributed by atoms with E-state index in [1.807, 2.05) is 18.2 Å². The second kappa shape index (κ2) is 10.0. The Morgan fingerprint density at radius 3 is 1.92 bits per heavy atom. The Morgan fingerprint density at radius 2 is 1.28 bits per heavy atom. The number of unbranched alkanes of at least 4 members (excludes halogenated alkanes) is 1. The monoisotopic (exact) mass is 474 g/mol. The van der Waals surface area contributed by atoms with E-state index in [0.717, 1.165) is 24.9 Å². The van der Waals surface area contributed by atoms with Gasteiger partial charge in [-0.2, -0.15) is 0 Å². The van der Waals surface area contributed by atoms with Gasteiger partial charge in [-0.1, -0.05) is 67.9 Å².